The van der Waals surface area contributed by atoms with Crippen molar-refractivity contribution in [3.63, 3.8) is 0 Å². The van der Waals surface area contributed by atoms with E-state index in [2.05, 4.69) is 5.32 Å². The van der Waals surface area contributed by atoms with Crippen LogP contribution >= 0.6 is 0 Å². The molecule has 0 radical (unpaired) electrons. The van der Waals surface area contributed by atoms with E-state index < -0.39 is 0 Å². The van der Waals surface area contributed by atoms with Gasteiger partial charge in [0.2, 0.25) is 5.91 Å². The Kier molecular flexibility index (Phi) is 9.04. The third-order valence-electron chi connectivity index (χ3n) is 5.61. The standard InChI is InChI=1S/C26H32N2O6/c1-18-7-4-8-19(2)26(18)34-16-22(29)20-10-11-23-21(15-20)28(25(31)17-33-23)13-5-9-24(30)27-12-6-14-32-3/h4,7-8,10-11,15H,5-6,9,12-14,16-17H2,1-3H3,(H,27,30). The summed E-state index contributed by atoms with van der Waals surface area (Å²) in [6.07, 6.45) is 1.55. The summed E-state index contributed by atoms with van der Waals surface area (Å²) in [4.78, 5) is 39.0. The lowest BCUT2D eigenvalue weighted by molar-refractivity contribution is -0.122. The Morgan fingerprint density at radius 2 is 1.88 bits per heavy atom. The zero-order valence-corrected chi connectivity index (χ0v) is 20.0. The van der Waals surface area contributed by atoms with Gasteiger partial charge in [0, 0.05) is 38.8 Å². The van der Waals surface area contributed by atoms with Gasteiger partial charge in [0.15, 0.2) is 19.0 Å². The predicted molar refractivity (Wildman–Crippen MR) is 129 cm³/mol. The molecule has 8 nitrogen and oxygen atoms in total. The topological polar surface area (TPSA) is 94.2 Å². The van der Waals surface area contributed by atoms with Crippen molar-refractivity contribution in [2.75, 3.05) is 44.9 Å². The van der Waals surface area contributed by atoms with Crippen molar-refractivity contribution >= 4 is 23.3 Å². The van der Waals surface area contributed by atoms with Gasteiger partial charge in [-0.25, -0.2) is 0 Å². The highest BCUT2D eigenvalue weighted by atomic mass is 16.5. The summed E-state index contributed by atoms with van der Waals surface area (Å²) >= 11 is 0. The Morgan fingerprint density at radius 1 is 1.12 bits per heavy atom. The number of rotatable bonds is 12. The smallest absolute Gasteiger partial charge is 0.265 e. The van der Waals surface area contributed by atoms with Gasteiger partial charge in [0.05, 0.1) is 5.69 Å². The van der Waals surface area contributed by atoms with Crippen LogP contribution in [0.25, 0.3) is 0 Å². The Labute approximate surface area is 200 Å². The molecular formula is C26H32N2O6. The first kappa shape index (κ1) is 25.2. The predicted octanol–water partition coefficient (Wildman–Crippen LogP) is 3.22. The number of benzene rings is 2. The molecule has 0 aromatic heterocycles. The van der Waals surface area contributed by atoms with Gasteiger partial charge >= 0.3 is 0 Å². The average molecular weight is 469 g/mol. The van der Waals surface area contributed by atoms with Crippen LogP contribution < -0.4 is 19.7 Å². The first-order valence-electron chi connectivity index (χ1n) is 11.5. The van der Waals surface area contributed by atoms with E-state index in [1.807, 2.05) is 32.0 Å². The molecule has 34 heavy (non-hydrogen) atoms. The fraction of sp³-hybridized carbons (Fsp3) is 0.423. The lowest BCUT2D eigenvalue weighted by Gasteiger charge is -2.29. The second-order valence-corrected chi connectivity index (χ2v) is 8.25. The Hall–Kier alpha value is -3.39. The molecule has 2 aromatic rings. The van der Waals surface area contributed by atoms with E-state index in [9.17, 15) is 14.4 Å². The van der Waals surface area contributed by atoms with Crippen molar-refractivity contribution in [2.24, 2.45) is 0 Å². The molecule has 2 aromatic carbocycles. The number of nitrogens with one attached hydrogen (secondary N) is 1. The van der Waals surface area contributed by atoms with Crippen molar-refractivity contribution in [1.29, 1.82) is 0 Å². The first-order valence-corrected chi connectivity index (χ1v) is 11.5. The van der Waals surface area contributed by atoms with E-state index in [0.717, 1.165) is 17.5 Å². The number of Topliss-reactive ketones (excluding diaryl/α,β-unsaturated/α-hetero) is 1. The van der Waals surface area contributed by atoms with Crippen molar-refractivity contribution in [2.45, 2.75) is 33.1 Å². The van der Waals surface area contributed by atoms with Crippen LogP contribution in [0.3, 0.4) is 0 Å². The Balaban J connectivity index is 1.61. The number of hydrogen-bond acceptors (Lipinski definition) is 6. The Morgan fingerprint density at radius 3 is 2.62 bits per heavy atom. The number of fused-ring (bicyclic) bond motifs is 1. The maximum atomic E-state index is 12.8. The van der Waals surface area contributed by atoms with Gasteiger partial charge in [0.25, 0.3) is 5.91 Å². The normalized spacial score (nSPS) is 12.7. The highest BCUT2D eigenvalue weighted by Crippen LogP contribution is 2.33. The van der Waals surface area contributed by atoms with E-state index in [0.29, 0.717) is 55.3 Å². The molecule has 0 unspecified atom stereocenters. The van der Waals surface area contributed by atoms with Crippen LogP contribution in [0.1, 0.15) is 40.7 Å². The summed E-state index contributed by atoms with van der Waals surface area (Å²) in [5.74, 6) is 0.776. The number of carbonyl (C=O) groups is 3. The molecule has 0 fully saturated rings. The second-order valence-electron chi connectivity index (χ2n) is 8.25. The minimum atomic E-state index is -0.204. The molecule has 2 amide bonds. The summed E-state index contributed by atoms with van der Waals surface area (Å²) in [6, 6.07) is 10.9. The Bertz CT molecular complexity index is 1020. The van der Waals surface area contributed by atoms with Crippen molar-refractivity contribution < 1.29 is 28.6 Å². The summed E-state index contributed by atoms with van der Waals surface area (Å²) in [5.41, 5.74) is 2.90. The molecule has 0 aliphatic carbocycles. The SMILES string of the molecule is COCCCNC(=O)CCCN1C(=O)COc2ccc(C(=O)COc3c(C)cccc3C)cc21. The van der Waals surface area contributed by atoms with Crippen LogP contribution in [-0.4, -0.2) is 57.6 Å². The quantitative estimate of drug-likeness (QED) is 0.380. The van der Waals surface area contributed by atoms with Crippen LogP contribution in [0.5, 0.6) is 11.5 Å². The monoisotopic (exact) mass is 468 g/mol. The molecule has 0 spiro atoms. The third-order valence-corrected chi connectivity index (χ3v) is 5.61. The lowest BCUT2D eigenvalue weighted by atomic mass is 10.1. The number of para-hydroxylation sites is 1. The molecule has 0 atom stereocenters. The second kappa shape index (κ2) is 12.2. The van der Waals surface area contributed by atoms with Gasteiger partial charge in [-0.3, -0.25) is 14.4 Å². The number of ketones is 1. The molecule has 1 aliphatic heterocycles. The fourth-order valence-electron chi connectivity index (χ4n) is 3.80. The number of carbonyl (C=O) groups excluding carboxylic acids is 3. The minimum absolute atomic E-state index is 0.0652. The van der Waals surface area contributed by atoms with Crippen molar-refractivity contribution in [3.05, 3.63) is 53.1 Å². The maximum Gasteiger partial charge on any atom is 0.265 e. The van der Waals surface area contributed by atoms with Crippen LogP contribution in [0.2, 0.25) is 0 Å². The molecule has 1 N–H and O–H groups in total. The number of amides is 2. The zero-order chi connectivity index (χ0) is 24.5. The van der Waals surface area contributed by atoms with Crippen molar-refractivity contribution in [1.82, 2.24) is 5.32 Å². The van der Waals surface area contributed by atoms with Crippen LogP contribution in [0.15, 0.2) is 36.4 Å². The van der Waals surface area contributed by atoms with Gasteiger partial charge in [-0.1, -0.05) is 18.2 Å². The first-order chi connectivity index (χ1) is 16.4. The summed E-state index contributed by atoms with van der Waals surface area (Å²) < 4.78 is 16.3. The van der Waals surface area contributed by atoms with E-state index in [1.165, 1.54) is 0 Å². The van der Waals surface area contributed by atoms with E-state index in [4.69, 9.17) is 14.2 Å². The third kappa shape index (κ3) is 6.57. The molecular weight excluding hydrogens is 436 g/mol. The number of aryl methyl sites for hydroxylation is 2. The summed E-state index contributed by atoms with van der Waals surface area (Å²) in [7, 11) is 1.62. The number of nitrogens with zero attached hydrogens (tertiary/aromatic N) is 1. The van der Waals surface area contributed by atoms with Gasteiger partial charge < -0.3 is 24.4 Å². The number of hydrogen-bond donors (Lipinski definition) is 1. The fourth-order valence-corrected chi connectivity index (χ4v) is 3.80. The van der Waals surface area contributed by atoms with Crippen LogP contribution in [0.4, 0.5) is 5.69 Å². The molecule has 3 rings (SSSR count). The lowest BCUT2D eigenvalue weighted by Crippen LogP contribution is -2.40. The average Bonchev–Trinajstić information content (AvgIpc) is 2.82. The number of ether oxygens (including phenoxy) is 3. The van der Waals surface area contributed by atoms with E-state index in [-0.39, 0.29) is 30.8 Å². The summed E-state index contributed by atoms with van der Waals surface area (Å²) in [6.45, 7) is 5.20. The zero-order valence-electron chi connectivity index (χ0n) is 20.0. The molecule has 1 aliphatic rings. The molecule has 0 saturated carbocycles. The number of anilines is 1. The number of methoxy groups -OCH3 is 1. The maximum absolute atomic E-state index is 12.8. The van der Waals surface area contributed by atoms with Crippen LogP contribution in [-0.2, 0) is 14.3 Å². The molecule has 1 heterocycles. The van der Waals surface area contributed by atoms with Gasteiger partial charge in [-0.15, -0.1) is 0 Å². The minimum Gasteiger partial charge on any atom is -0.485 e. The van der Waals surface area contributed by atoms with Gasteiger partial charge in [-0.05, 0) is 56.0 Å². The highest BCUT2D eigenvalue weighted by molar-refractivity contribution is 6.02. The van der Waals surface area contributed by atoms with Gasteiger partial charge in [0.1, 0.15) is 11.5 Å². The van der Waals surface area contributed by atoms with Crippen LogP contribution in [0, 0.1) is 13.8 Å². The van der Waals surface area contributed by atoms with E-state index in [1.54, 1.807) is 30.2 Å². The van der Waals surface area contributed by atoms with E-state index >= 15 is 0 Å². The van der Waals surface area contributed by atoms with Gasteiger partial charge in [-0.2, -0.15) is 0 Å². The largest absolute Gasteiger partial charge is 0.485 e. The molecule has 8 heteroatoms. The highest BCUT2D eigenvalue weighted by Gasteiger charge is 2.26. The molecule has 0 saturated heterocycles. The molecule has 182 valence electrons. The molecule has 0 bridgehead atoms. The van der Waals surface area contributed by atoms with Crippen molar-refractivity contribution in [3.8, 4) is 11.5 Å². The summed E-state index contributed by atoms with van der Waals surface area (Å²) in [5, 5.41) is 2.84.